The minimum Gasteiger partial charge on any atom is -0.490 e. The number of piperidine rings is 2. The van der Waals surface area contributed by atoms with Crippen molar-refractivity contribution in [1.29, 1.82) is 0 Å². The Morgan fingerprint density at radius 2 is 1.72 bits per heavy atom. The van der Waals surface area contributed by atoms with Crippen LogP contribution in [0.15, 0.2) is 48.5 Å². The Kier molecular flexibility index (Phi) is 8.55. The molecule has 0 bridgehead atoms. The lowest BCUT2D eigenvalue weighted by molar-refractivity contribution is -0.117. The van der Waals surface area contributed by atoms with E-state index in [0.29, 0.717) is 24.6 Å². The summed E-state index contributed by atoms with van der Waals surface area (Å²) in [6.07, 6.45) is 8.46. The van der Waals surface area contributed by atoms with E-state index in [2.05, 4.69) is 40.1 Å². The number of nitrogens with zero attached hydrogens (tertiary/aromatic N) is 3. The van der Waals surface area contributed by atoms with Crippen LogP contribution in [0.2, 0.25) is 0 Å². The van der Waals surface area contributed by atoms with E-state index in [9.17, 15) is 9.18 Å². The van der Waals surface area contributed by atoms with Gasteiger partial charge in [-0.25, -0.2) is 4.39 Å². The molecule has 3 saturated heterocycles. The molecule has 0 aliphatic carbocycles. The Morgan fingerprint density at radius 3 is 2.53 bits per heavy atom. The van der Waals surface area contributed by atoms with Crippen LogP contribution in [0.4, 0.5) is 10.1 Å². The minimum absolute atomic E-state index is 0.0976. The highest BCUT2D eigenvalue weighted by atomic mass is 19.1. The summed E-state index contributed by atoms with van der Waals surface area (Å²) < 4.78 is 20.8. The molecule has 2 aromatic carbocycles. The molecule has 1 amide bonds. The van der Waals surface area contributed by atoms with E-state index < -0.39 is 0 Å². The zero-order valence-corrected chi connectivity index (χ0v) is 21.4. The summed E-state index contributed by atoms with van der Waals surface area (Å²) in [4.78, 5) is 19.4. The number of hydrogen-bond donors (Lipinski definition) is 0. The standard InChI is InChI=1S/C30H40FN3O2/c31-28-21-26(34-27(13-15-30(34)35)23-33-16-5-2-6-17-33)12-14-29(28)36-20-8-19-32-18-7-11-25(22-32)24-9-3-1-4-10-24/h1,3-4,9-10,12,14,21,25,27H,2,5-8,11,13,15-20,22-23H2. The van der Waals surface area contributed by atoms with Gasteiger partial charge in [-0.3, -0.25) is 4.79 Å². The molecular weight excluding hydrogens is 453 g/mol. The highest BCUT2D eigenvalue weighted by molar-refractivity contribution is 5.96. The number of amides is 1. The van der Waals surface area contributed by atoms with Crippen molar-refractivity contribution >= 4 is 11.6 Å². The fourth-order valence-corrected chi connectivity index (χ4v) is 6.19. The largest absolute Gasteiger partial charge is 0.490 e. The first-order valence-electron chi connectivity index (χ1n) is 13.9. The van der Waals surface area contributed by atoms with Gasteiger partial charge in [0.15, 0.2) is 11.6 Å². The Labute approximate surface area is 215 Å². The van der Waals surface area contributed by atoms with Gasteiger partial charge in [0.25, 0.3) is 0 Å². The van der Waals surface area contributed by atoms with Gasteiger partial charge in [-0.15, -0.1) is 0 Å². The van der Waals surface area contributed by atoms with Crippen LogP contribution in [0, 0.1) is 5.82 Å². The molecule has 5 rings (SSSR count). The third-order valence-electron chi connectivity index (χ3n) is 8.09. The topological polar surface area (TPSA) is 36.0 Å². The van der Waals surface area contributed by atoms with Crippen LogP contribution in [0.1, 0.15) is 62.8 Å². The van der Waals surface area contributed by atoms with Gasteiger partial charge in [0, 0.05) is 37.8 Å². The first-order chi connectivity index (χ1) is 17.7. The third-order valence-corrected chi connectivity index (χ3v) is 8.09. The van der Waals surface area contributed by atoms with Crippen LogP contribution in [-0.4, -0.2) is 67.6 Å². The number of anilines is 1. The van der Waals surface area contributed by atoms with Gasteiger partial charge < -0.3 is 19.4 Å². The summed E-state index contributed by atoms with van der Waals surface area (Å²) in [6, 6.07) is 15.9. The van der Waals surface area contributed by atoms with Crippen LogP contribution in [-0.2, 0) is 4.79 Å². The Bertz CT molecular complexity index is 995. The molecule has 0 saturated carbocycles. The van der Waals surface area contributed by atoms with Crippen molar-refractivity contribution in [2.45, 2.75) is 63.3 Å². The summed E-state index contributed by atoms with van der Waals surface area (Å²) in [5, 5.41) is 0. The molecule has 5 nitrogen and oxygen atoms in total. The lowest BCUT2D eigenvalue weighted by Crippen LogP contribution is -2.43. The Balaban J connectivity index is 1.11. The molecule has 6 heteroatoms. The maximum Gasteiger partial charge on any atom is 0.227 e. The molecule has 194 valence electrons. The number of ether oxygens (including phenoxy) is 1. The lowest BCUT2D eigenvalue weighted by Gasteiger charge is -2.33. The summed E-state index contributed by atoms with van der Waals surface area (Å²) in [7, 11) is 0. The third kappa shape index (κ3) is 6.27. The van der Waals surface area contributed by atoms with Crippen molar-refractivity contribution in [1.82, 2.24) is 9.80 Å². The van der Waals surface area contributed by atoms with Gasteiger partial charge in [0.1, 0.15) is 0 Å². The normalized spacial score (nSPS) is 23.8. The van der Waals surface area contributed by atoms with Crippen molar-refractivity contribution in [2.75, 3.05) is 50.8 Å². The number of carbonyl (C=O) groups excluding carboxylic acids is 1. The molecule has 2 aromatic rings. The summed E-state index contributed by atoms with van der Waals surface area (Å²) in [5.41, 5.74) is 2.08. The van der Waals surface area contributed by atoms with Gasteiger partial charge in [-0.2, -0.15) is 0 Å². The highest BCUT2D eigenvalue weighted by Crippen LogP contribution is 2.31. The second kappa shape index (κ2) is 12.2. The number of hydrogen-bond acceptors (Lipinski definition) is 4. The number of rotatable bonds is 9. The van der Waals surface area contributed by atoms with Crippen molar-refractivity contribution in [3.8, 4) is 5.75 Å². The quantitative estimate of drug-likeness (QED) is 0.435. The van der Waals surface area contributed by atoms with E-state index in [1.165, 1.54) is 43.7 Å². The van der Waals surface area contributed by atoms with Crippen LogP contribution in [0.5, 0.6) is 5.75 Å². The van der Waals surface area contributed by atoms with E-state index >= 15 is 0 Å². The first kappa shape index (κ1) is 25.2. The van der Waals surface area contributed by atoms with E-state index in [-0.39, 0.29) is 23.5 Å². The average molecular weight is 494 g/mol. The lowest BCUT2D eigenvalue weighted by atomic mass is 9.90. The van der Waals surface area contributed by atoms with Crippen LogP contribution in [0.3, 0.4) is 0 Å². The molecule has 0 spiro atoms. The van der Waals surface area contributed by atoms with Crippen LogP contribution < -0.4 is 9.64 Å². The second-order valence-electron chi connectivity index (χ2n) is 10.7. The van der Waals surface area contributed by atoms with Gasteiger partial charge in [-0.1, -0.05) is 36.8 Å². The molecule has 3 aliphatic heterocycles. The first-order valence-corrected chi connectivity index (χ1v) is 13.9. The molecule has 0 radical (unpaired) electrons. The van der Waals surface area contributed by atoms with Gasteiger partial charge in [0.05, 0.1) is 12.6 Å². The molecule has 3 heterocycles. The maximum atomic E-state index is 15.0. The number of halogens is 1. The monoisotopic (exact) mass is 493 g/mol. The number of likely N-dealkylation sites (tertiary alicyclic amines) is 2. The number of benzene rings is 2. The maximum absolute atomic E-state index is 15.0. The predicted octanol–water partition coefficient (Wildman–Crippen LogP) is 5.46. The van der Waals surface area contributed by atoms with Gasteiger partial charge >= 0.3 is 0 Å². The SMILES string of the molecule is O=C1CCC(CN2CCCCC2)N1c1ccc(OCCCN2CCCC(c3ccccc3)C2)c(F)c1. The molecule has 0 N–H and O–H groups in total. The molecule has 36 heavy (non-hydrogen) atoms. The van der Waals surface area contributed by atoms with Crippen LogP contribution >= 0.6 is 0 Å². The zero-order valence-electron chi connectivity index (χ0n) is 21.4. The minimum atomic E-state index is -0.383. The average Bonchev–Trinajstić information content (AvgIpc) is 3.28. The van der Waals surface area contributed by atoms with Crippen LogP contribution in [0.25, 0.3) is 0 Å². The van der Waals surface area contributed by atoms with Crippen molar-refractivity contribution in [2.24, 2.45) is 0 Å². The zero-order chi connectivity index (χ0) is 24.7. The smallest absolute Gasteiger partial charge is 0.227 e. The number of carbonyl (C=O) groups is 1. The van der Waals surface area contributed by atoms with Crippen molar-refractivity contribution in [3.63, 3.8) is 0 Å². The predicted molar refractivity (Wildman–Crippen MR) is 142 cm³/mol. The van der Waals surface area contributed by atoms with E-state index in [1.54, 1.807) is 6.07 Å². The molecule has 2 unspecified atom stereocenters. The molecule has 3 aliphatic rings. The molecule has 2 atom stereocenters. The van der Waals surface area contributed by atoms with E-state index in [0.717, 1.165) is 52.1 Å². The van der Waals surface area contributed by atoms with Crippen molar-refractivity contribution < 1.29 is 13.9 Å². The molecular formula is C30H40FN3O2. The second-order valence-corrected chi connectivity index (χ2v) is 10.7. The Morgan fingerprint density at radius 1 is 0.917 bits per heavy atom. The fourth-order valence-electron chi connectivity index (χ4n) is 6.19. The summed E-state index contributed by atoms with van der Waals surface area (Å²) in [5.74, 6) is 0.586. The molecule has 0 aromatic heterocycles. The molecule has 3 fully saturated rings. The van der Waals surface area contributed by atoms with Crippen molar-refractivity contribution in [3.05, 3.63) is 59.9 Å². The summed E-state index contributed by atoms with van der Waals surface area (Å²) in [6.45, 7) is 6.73. The fraction of sp³-hybridized carbons (Fsp3) is 0.567. The van der Waals surface area contributed by atoms with E-state index in [4.69, 9.17) is 4.74 Å². The summed E-state index contributed by atoms with van der Waals surface area (Å²) >= 11 is 0. The Hall–Kier alpha value is -2.44. The van der Waals surface area contributed by atoms with Gasteiger partial charge in [-0.05, 0) is 81.8 Å². The van der Waals surface area contributed by atoms with E-state index in [1.807, 2.05) is 11.0 Å². The van der Waals surface area contributed by atoms with Gasteiger partial charge in [0.2, 0.25) is 5.91 Å². The highest BCUT2D eigenvalue weighted by Gasteiger charge is 2.34.